The smallest absolute Gasteiger partial charge is 0.262 e. The first-order chi connectivity index (χ1) is 22.4. The third kappa shape index (κ3) is 5.88. The standard InChI is InChI=1S/C36H29ClN4O4S/c37-30-13-4-6-15-32(30)40-46(43,44)25-16-17-35(41-18-20-45-21-19-41)34(22-25)39-36(42)29-23-33(38-31-14-5-3-11-28(29)31)27-12-7-9-24-8-1-2-10-26(24)27/h1-17,22-23,40H,18-21H2,(H,39,42). The first kappa shape index (κ1) is 29.7. The molecule has 2 heterocycles. The minimum Gasteiger partial charge on any atom is -0.378 e. The molecule has 1 saturated heterocycles. The summed E-state index contributed by atoms with van der Waals surface area (Å²) in [4.78, 5) is 21.2. The Morgan fingerprint density at radius 3 is 2.33 bits per heavy atom. The van der Waals surface area contributed by atoms with Gasteiger partial charge in [0.15, 0.2) is 0 Å². The number of nitrogens with one attached hydrogen (secondary N) is 2. The Balaban J connectivity index is 1.31. The predicted octanol–water partition coefficient (Wildman–Crippen LogP) is 7.60. The van der Waals surface area contributed by atoms with Crippen LogP contribution in [0.3, 0.4) is 0 Å². The lowest BCUT2D eigenvalue weighted by Gasteiger charge is -2.31. The molecule has 0 radical (unpaired) electrons. The van der Waals surface area contributed by atoms with Gasteiger partial charge in [-0.25, -0.2) is 13.4 Å². The summed E-state index contributed by atoms with van der Waals surface area (Å²) in [5, 5.41) is 6.10. The normalized spacial score (nSPS) is 13.5. The van der Waals surface area contributed by atoms with E-state index < -0.39 is 10.0 Å². The molecule has 1 aliphatic rings. The van der Waals surface area contributed by atoms with Gasteiger partial charge in [0.25, 0.3) is 15.9 Å². The summed E-state index contributed by atoms with van der Waals surface area (Å²) in [5.41, 5.74) is 3.98. The van der Waals surface area contributed by atoms with Gasteiger partial charge in [-0.3, -0.25) is 9.52 Å². The van der Waals surface area contributed by atoms with Gasteiger partial charge >= 0.3 is 0 Å². The number of fused-ring (bicyclic) bond motifs is 2. The number of halogens is 1. The molecule has 1 fully saturated rings. The van der Waals surface area contributed by atoms with E-state index in [1.807, 2.05) is 66.7 Å². The number of carbonyl (C=O) groups excluding carboxylic acids is 1. The number of hydrogen-bond acceptors (Lipinski definition) is 6. The van der Waals surface area contributed by atoms with Crippen LogP contribution < -0.4 is 14.9 Å². The summed E-state index contributed by atoms with van der Waals surface area (Å²) in [6.45, 7) is 2.22. The lowest BCUT2D eigenvalue weighted by atomic mass is 9.99. The molecule has 0 spiro atoms. The highest BCUT2D eigenvalue weighted by Crippen LogP contribution is 2.34. The third-order valence-corrected chi connectivity index (χ3v) is 9.72. The maximum absolute atomic E-state index is 14.2. The van der Waals surface area contributed by atoms with Crippen LogP contribution in [0.1, 0.15) is 10.4 Å². The summed E-state index contributed by atoms with van der Waals surface area (Å²) >= 11 is 6.24. The number of morpholine rings is 1. The van der Waals surface area contributed by atoms with Gasteiger partial charge in [-0.2, -0.15) is 0 Å². The average Bonchev–Trinajstić information content (AvgIpc) is 3.09. The lowest BCUT2D eigenvalue weighted by molar-refractivity contribution is 0.102. The van der Waals surface area contributed by atoms with Crippen LogP contribution in [0.4, 0.5) is 17.1 Å². The molecule has 0 unspecified atom stereocenters. The SMILES string of the molecule is O=C(Nc1cc(S(=O)(=O)Nc2ccccc2Cl)ccc1N1CCOCC1)c1cc(-c2cccc3ccccc23)nc2ccccc12. The molecular weight excluding hydrogens is 620 g/mol. The molecule has 1 aromatic heterocycles. The molecule has 0 bridgehead atoms. The van der Waals surface area contributed by atoms with E-state index in [1.165, 1.54) is 12.1 Å². The van der Waals surface area contributed by atoms with E-state index in [-0.39, 0.29) is 21.5 Å². The topological polar surface area (TPSA) is 101 Å². The quantitative estimate of drug-likeness (QED) is 0.185. The largest absolute Gasteiger partial charge is 0.378 e. The number of anilines is 3. The number of carbonyl (C=O) groups is 1. The van der Waals surface area contributed by atoms with Crippen LogP contribution in [0.15, 0.2) is 120 Å². The van der Waals surface area contributed by atoms with Gasteiger partial charge < -0.3 is 15.0 Å². The molecule has 2 N–H and O–H groups in total. The van der Waals surface area contributed by atoms with Crippen molar-refractivity contribution in [2.24, 2.45) is 0 Å². The summed E-state index contributed by atoms with van der Waals surface area (Å²) in [6.07, 6.45) is 0. The van der Waals surface area contributed by atoms with Crippen LogP contribution in [-0.2, 0) is 14.8 Å². The molecular formula is C36H29ClN4O4S. The number of rotatable bonds is 7. The van der Waals surface area contributed by atoms with Gasteiger partial charge in [-0.1, -0.05) is 84.4 Å². The molecule has 0 atom stereocenters. The second kappa shape index (κ2) is 12.4. The molecule has 8 nitrogen and oxygen atoms in total. The number of aromatic nitrogens is 1. The fraction of sp³-hybridized carbons (Fsp3) is 0.111. The Labute approximate surface area is 271 Å². The second-order valence-corrected chi connectivity index (χ2v) is 13.0. The predicted molar refractivity (Wildman–Crippen MR) is 184 cm³/mol. The monoisotopic (exact) mass is 648 g/mol. The van der Waals surface area contributed by atoms with E-state index in [0.717, 1.165) is 16.3 Å². The van der Waals surface area contributed by atoms with E-state index >= 15 is 0 Å². The Morgan fingerprint density at radius 2 is 1.50 bits per heavy atom. The van der Waals surface area contributed by atoms with Gasteiger partial charge in [0.1, 0.15) is 0 Å². The number of sulfonamides is 1. The van der Waals surface area contributed by atoms with Crippen molar-refractivity contribution in [3.63, 3.8) is 0 Å². The summed E-state index contributed by atoms with van der Waals surface area (Å²) in [5.74, 6) is -0.386. The van der Waals surface area contributed by atoms with Crippen molar-refractivity contribution in [3.8, 4) is 11.3 Å². The van der Waals surface area contributed by atoms with Crippen LogP contribution in [0.2, 0.25) is 5.02 Å². The molecule has 46 heavy (non-hydrogen) atoms. The van der Waals surface area contributed by atoms with Crippen molar-refractivity contribution < 1.29 is 17.9 Å². The number of benzene rings is 5. The molecule has 5 aromatic carbocycles. The lowest BCUT2D eigenvalue weighted by Crippen LogP contribution is -2.36. The first-order valence-electron chi connectivity index (χ1n) is 14.8. The zero-order chi connectivity index (χ0) is 31.7. The van der Waals surface area contributed by atoms with Crippen molar-refractivity contribution in [2.45, 2.75) is 4.90 Å². The van der Waals surface area contributed by atoms with Crippen molar-refractivity contribution in [3.05, 3.63) is 126 Å². The summed E-state index contributed by atoms with van der Waals surface area (Å²) in [7, 11) is -4.04. The number of amides is 1. The number of ether oxygens (including phenoxy) is 1. The fourth-order valence-corrected chi connectivity index (χ4v) is 7.09. The van der Waals surface area contributed by atoms with E-state index in [4.69, 9.17) is 21.3 Å². The Hall–Kier alpha value is -4.96. The third-order valence-electron chi connectivity index (χ3n) is 8.02. The molecule has 1 aliphatic heterocycles. The van der Waals surface area contributed by atoms with Crippen LogP contribution in [-0.4, -0.2) is 45.6 Å². The molecule has 0 aliphatic carbocycles. The molecule has 7 rings (SSSR count). The fourth-order valence-electron chi connectivity index (χ4n) is 5.75. The van der Waals surface area contributed by atoms with Gasteiger partial charge in [-0.15, -0.1) is 0 Å². The van der Waals surface area contributed by atoms with E-state index in [1.54, 1.807) is 36.4 Å². The molecule has 1 amide bonds. The van der Waals surface area contributed by atoms with E-state index in [9.17, 15) is 13.2 Å². The highest BCUT2D eigenvalue weighted by atomic mass is 35.5. The minimum absolute atomic E-state index is 0.0178. The Morgan fingerprint density at radius 1 is 0.783 bits per heavy atom. The van der Waals surface area contributed by atoms with Crippen molar-refractivity contribution >= 4 is 66.3 Å². The maximum Gasteiger partial charge on any atom is 0.262 e. The number of para-hydroxylation sites is 2. The number of pyridine rings is 1. The summed E-state index contributed by atoms with van der Waals surface area (Å²) < 4.78 is 35.1. The highest BCUT2D eigenvalue weighted by molar-refractivity contribution is 7.92. The number of hydrogen-bond donors (Lipinski definition) is 2. The maximum atomic E-state index is 14.2. The van der Waals surface area contributed by atoms with E-state index in [2.05, 4.69) is 14.9 Å². The molecule has 10 heteroatoms. The van der Waals surface area contributed by atoms with Crippen LogP contribution in [0.5, 0.6) is 0 Å². The molecule has 230 valence electrons. The van der Waals surface area contributed by atoms with Crippen molar-refractivity contribution in [2.75, 3.05) is 41.2 Å². The number of nitrogens with zero attached hydrogens (tertiary/aromatic N) is 2. The van der Waals surface area contributed by atoms with Crippen LogP contribution in [0.25, 0.3) is 32.9 Å². The molecule has 0 saturated carbocycles. The van der Waals surface area contributed by atoms with Gasteiger partial charge in [-0.05, 0) is 53.2 Å². The van der Waals surface area contributed by atoms with Crippen molar-refractivity contribution in [1.82, 2.24) is 4.98 Å². The summed E-state index contributed by atoms with van der Waals surface area (Å²) in [6, 6.07) is 34.7. The van der Waals surface area contributed by atoms with Crippen molar-refractivity contribution in [1.29, 1.82) is 0 Å². The molecule has 6 aromatic rings. The first-order valence-corrected chi connectivity index (χ1v) is 16.7. The zero-order valence-electron chi connectivity index (χ0n) is 24.6. The van der Waals surface area contributed by atoms with Crippen LogP contribution in [0, 0.1) is 0 Å². The zero-order valence-corrected chi connectivity index (χ0v) is 26.2. The average molecular weight is 649 g/mol. The van der Waals surface area contributed by atoms with E-state index in [0.29, 0.717) is 59.8 Å². The minimum atomic E-state index is -4.04. The second-order valence-electron chi connectivity index (χ2n) is 10.9. The Bertz CT molecular complexity index is 2210. The highest BCUT2D eigenvalue weighted by Gasteiger charge is 2.23. The van der Waals surface area contributed by atoms with Crippen LogP contribution >= 0.6 is 11.6 Å². The Kier molecular flexibility index (Phi) is 8.04. The van der Waals surface area contributed by atoms with Gasteiger partial charge in [0.05, 0.1) is 57.0 Å². The van der Waals surface area contributed by atoms with Gasteiger partial charge in [0, 0.05) is 24.0 Å². The van der Waals surface area contributed by atoms with Gasteiger partial charge in [0.2, 0.25) is 0 Å².